The van der Waals surface area contributed by atoms with E-state index in [0.29, 0.717) is 0 Å². The molecule has 1 rings (SSSR count). The first-order valence-electron chi connectivity index (χ1n) is 7.46. The Hall–Kier alpha value is -1.26. The van der Waals surface area contributed by atoms with Crippen LogP contribution in [0.1, 0.15) is 13.8 Å². The largest absolute Gasteiger partial charge is 0.457 e. The minimum absolute atomic E-state index is 0.0873. The fraction of sp³-hybridized carbons (Fsp3) is 0.867. The van der Waals surface area contributed by atoms with E-state index in [1.54, 1.807) is 0 Å². The summed E-state index contributed by atoms with van der Waals surface area (Å²) in [4.78, 5) is 22.8. The molecule has 6 atom stereocenters. The van der Waals surface area contributed by atoms with E-state index in [0.717, 1.165) is 0 Å². The van der Waals surface area contributed by atoms with Gasteiger partial charge in [0, 0.05) is 42.3 Å². The van der Waals surface area contributed by atoms with E-state index < -0.39 is 48.7 Å². The maximum absolute atomic E-state index is 11.5. The van der Waals surface area contributed by atoms with Crippen LogP contribution in [-0.4, -0.2) is 83.8 Å². The summed E-state index contributed by atoms with van der Waals surface area (Å²) in [6.07, 6.45) is -4.05. The molecule has 0 aliphatic carbocycles. The molecule has 0 aromatic carbocycles. The van der Waals surface area contributed by atoms with Gasteiger partial charge in [0.25, 0.3) is 0 Å². The zero-order chi connectivity index (χ0) is 18.3. The fourth-order valence-electron chi connectivity index (χ4n) is 2.57. The predicted molar refractivity (Wildman–Crippen MR) is 80.2 cm³/mol. The molecule has 6 unspecified atom stereocenters. The lowest BCUT2D eigenvalue weighted by atomic mass is 10.00. The highest BCUT2D eigenvalue weighted by Gasteiger charge is 2.54. The van der Waals surface area contributed by atoms with Gasteiger partial charge in [-0.3, -0.25) is 9.59 Å². The molecule has 0 amide bonds. The van der Waals surface area contributed by atoms with Gasteiger partial charge in [0.15, 0.2) is 24.6 Å². The van der Waals surface area contributed by atoms with Crippen molar-refractivity contribution in [3.05, 3.63) is 0 Å². The summed E-state index contributed by atoms with van der Waals surface area (Å²) in [6, 6.07) is 0. The predicted octanol–water partition coefficient (Wildman–Crippen LogP) is -0.102. The molecule has 1 aliphatic heterocycles. The molecule has 0 radical (unpaired) electrons. The second kappa shape index (κ2) is 9.90. The third-order valence-electron chi connectivity index (χ3n) is 3.55. The molecule has 24 heavy (non-hydrogen) atoms. The highest BCUT2D eigenvalue weighted by Crippen LogP contribution is 2.32. The maximum atomic E-state index is 11.5. The first kappa shape index (κ1) is 20.8. The van der Waals surface area contributed by atoms with Crippen LogP contribution in [0.5, 0.6) is 0 Å². The van der Waals surface area contributed by atoms with Crippen LogP contribution in [-0.2, 0) is 42.7 Å². The normalized spacial score (nSPS) is 24.6. The Kier molecular flexibility index (Phi) is 8.57. The monoisotopic (exact) mass is 350 g/mol. The van der Waals surface area contributed by atoms with E-state index >= 15 is 0 Å². The zero-order valence-corrected chi connectivity index (χ0v) is 14.8. The summed E-state index contributed by atoms with van der Waals surface area (Å²) in [5, 5.41) is 0. The summed E-state index contributed by atoms with van der Waals surface area (Å²) in [5.41, 5.74) is 0. The van der Waals surface area contributed by atoms with Crippen LogP contribution < -0.4 is 0 Å². The molecule has 0 saturated carbocycles. The van der Waals surface area contributed by atoms with Crippen molar-refractivity contribution in [3.8, 4) is 0 Å². The SMILES string of the molecule is COCC(OC(C)=O)C(OC)C(OC)C(OC(C)=O)C1OC1OC. The first-order chi connectivity index (χ1) is 11.4. The van der Waals surface area contributed by atoms with Gasteiger partial charge in [-0.25, -0.2) is 0 Å². The average Bonchev–Trinajstić information content (AvgIpc) is 3.29. The summed E-state index contributed by atoms with van der Waals surface area (Å²) in [5.74, 6) is -0.992. The molecule has 9 nitrogen and oxygen atoms in total. The minimum Gasteiger partial charge on any atom is -0.457 e. The maximum Gasteiger partial charge on any atom is 0.303 e. The summed E-state index contributed by atoms with van der Waals surface area (Å²) >= 11 is 0. The number of hydrogen-bond donors (Lipinski definition) is 0. The lowest BCUT2D eigenvalue weighted by Crippen LogP contribution is -2.52. The molecule has 0 aromatic rings. The van der Waals surface area contributed by atoms with Gasteiger partial charge in [-0.1, -0.05) is 0 Å². The van der Waals surface area contributed by atoms with E-state index in [1.165, 1.54) is 42.3 Å². The lowest BCUT2D eigenvalue weighted by molar-refractivity contribution is -0.188. The Morgan fingerprint density at radius 2 is 1.54 bits per heavy atom. The number of esters is 2. The van der Waals surface area contributed by atoms with Crippen LogP contribution in [0.4, 0.5) is 0 Å². The Morgan fingerprint density at radius 3 is 1.92 bits per heavy atom. The van der Waals surface area contributed by atoms with Gasteiger partial charge in [0.2, 0.25) is 0 Å². The Morgan fingerprint density at radius 1 is 0.958 bits per heavy atom. The van der Waals surface area contributed by atoms with Crippen LogP contribution in [0, 0.1) is 0 Å². The second-order valence-electron chi connectivity index (χ2n) is 5.28. The van der Waals surface area contributed by atoms with Crippen LogP contribution in [0.25, 0.3) is 0 Å². The number of hydrogen-bond acceptors (Lipinski definition) is 9. The molecule has 0 N–H and O–H groups in total. The Labute approximate surface area is 141 Å². The molecule has 140 valence electrons. The molecule has 1 aliphatic rings. The van der Waals surface area contributed by atoms with Crippen molar-refractivity contribution in [1.29, 1.82) is 0 Å². The molecule has 1 saturated heterocycles. The van der Waals surface area contributed by atoms with Gasteiger partial charge in [0.05, 0.1) is 6.61 Å². The van der Waals surface area contributed by atoms with E-state index in [-0.39, 0.29) is 6.61 Å². The minimum atomic E-state index is -0.794. The second-order valence-corrected chi connectivity index (χ2v) is 5.28. The third-order valence-corrected chi connectivity index (χ3v) is 3.55. The lowest BCUT2D eigenvalue weighted by Gasteiger charge is -2.34. The van der Waals surface area contributed by atoms with Crippen molar-refractivity contribution in [2.24, 2.45) is 0 Å². The van der Waals surface area contributed by atoms with Crippen molar-refractivity contribution in [2.45, 2.75) is 50.7 Å². The number of ether oxygens (including phenoxy) is 7. The van der Waals surface area contributed by atoms with Crippen LogP contribution >= 0.6 is 0 Å². The topological polar surface area (TPSA) is 102 Å². The zero-order valence-electron chi connectivity index (χ0n) is 14.8. The van der Waals surface area contributed by atoms with Gasteiger partial charge in [-0.2, -0.15) is 0 Å². The molecule has 1 heterocycles. The standard InChI is InChI=1S/C15H26O9/c1-8(16)22-10(7-18-3)11(19-4)12(20-5)13(23-9(2)17)14-15(21-6)24-14/h10-15H,7H2,1-6H3. The average molecular weight is 350 g/mol. The molecule has 0 aromatic heterocycles. The van der Waals surface area contributed by atoms with Gasteiger partial charge in [-0.15, -0.1) is 0 Å². The number of rotatable bonds is 11. The fourth-order valence-corrected chi connectivity index (χ4v) is 2.57. The highest BCUT2D eigenvalue weighted by atomic mass is 16.8. The van der Waals surface area contributed by atoms with E-state index in [2.05, 4.69) is 0 Å². The van der Waals surface area contributed by atoms with E-state index in [9.17, 15) is 9.59 Å². The number of epoxide rings is 1. The van der Waals surface area contributed by atoms with Gasteiger partial charge < -0.3 is 33.2 Å². The highest BCUT2D eigenvalue weighted by molar-refractivity contribution is 5.66. The van der Waals surface area contributed by atoms with Crippen molar-refractivity contribution in [3.63, 3.8) is 0 Å². The molecular formula is C15H26O9. The van der Waals surface area contributed by atoms with E-state index in [4.69, 9.17) is 33.2 Å². The van der Waals surface area contributed by atoms with Crippen LogP contribution in [0.3, 0.4) is 0 Å². The number of carbonyl (C=O) groups excluding carboxylic acids is 2. The van der Waals surface area contributed by atoms with Gasteiger partial charge in [-0.05, 0) is 0 Å². The molecule has 0 bridgehead atoms. The Bertz CT molecular complexity index is 414. The molecule has 9 heteroatoms. The van der Waals surface area contributed by atoms with Crippen molar-refractivity contribution in [2.75, 3.05) is 35.0 Å². The molecular weight excluding hydrogens is 324 g/mol. The third kappa shape index (κ3) is 5.67. The van der Waals surface area contributed by atoms with E-state index in [1.807, 2.05) is 0 Å². The molecule has 1 fully saturated rings. The quantitative estimate of drug-likeness (QED) is 0.373. The summed E-state index contributed by atoms with van der Waals surface area (Å²) in [6.45, 7) is 2.65. The first-order valence-corrected chi connectivity index (χ1v) is 7.46. The van der Waals surface area contributed by atoms with Crippen LogP contribution in [0.2, 0.25) is 0 Å². The smallest absolute Gasteiger partial charge is 0.303 e. The summed E-state index contributed by atoms with van der Waals surface area (Å²) < 4.78 is 37.1. The number of methoxy groups -OCH3 is 4. The van der Waals surface area contributed by atoms with Crippen molar-refractivity contribution < 1.29 is 42.7 Å². The Balaban J connectivity index is 3.00. The van der Waals surface area contributed by atoms with Crippen molar-refractivity contribution in [1.82, 2.24) is 0 Å². The van der Waals surface area contributed by atoms with Gasteiger partial charge >= 0.3 is 11.9 Å². The number of carbonyl (C=O) groups is 2. The molecule has 0 spiro atoms. The van der Waals surface area contributed by atoms with Crippen molar-refractivity contribution >= 4 is 11.9 Å². The van der Waals surface area contributed by atoms with Gasteiger partial charge in [0.1, 0.15) is 12.2 Å². The summed E-state index contributed by atoms with van der Waals surface area (Å²) in [7, 11) is 5.83. The van der Waals surface area contributed by atoms with Crippen LogP contribution in [0.15, 0.2) is 0 Å².